The molecule has 2 amide bonds. The summed E-state index contributed by atoms with van der Waals surface area (Å²) in [5, 5.41) is 16.7. The monoisotopic (exact) mass is 391 g/mol. The maximum absolute atomic E-state index is 12.4. The Morgan fingerprint density at radius 1 is 1.31 bits per heavy atom. The number of benzene rings is 2. The average Bonchev–Trinajstić information content (AvgIpc) is 2.72. The first-order valence-electron chi connectivity index (χ1n) is 9.40. The Morgan fingerprint density at radius 3 is 2.90 bits per heavy atom. The highest BCUT2D eigenvalue weighted by atomic mass is 16.5. The van der Waals surface area contributed by atoms with Gasteiger partial charge in [-0.3, -0.25) is 9.59 Å². The van der Waals surface area contributed by atoms with Crippen LogP contribution in [0.25, 0.3) is 10.9 Å². The van der Waals surface area contributed by atoms with Gasteiger partial charge in [-0.2, -0.15) is 0 Å². The van der Waals surface area contributed by atoms with Crippen molar-refractivity contribution in [1.82, 2.24) is 4.98 Å². The molecule has 4 rings (SSSR count). The lowest BCUT2D eigenvalue weighted by Crippen LogP contribution is -2.24. The highest BCUT2D eigenvalue weighted by Gasteiger charge is 2.29. The van der Waals surface area contributed by atoms with E-state index in [0.717, 1.165) is 10.9 Å². The number of nitrogens with zero attached hydrogens (tertiary/aromatic N) is 1. The van der Waals surface area contributed by atoms with Crippen molar-refractivity contribution in [2.24, 2.45) is 0 Å². The van der Waals surface area contributed by atoms with Crippen LogP contribution < -0.4 is 15.4 Å². The first kappa shape index (κ1) is 18.7. The summed E-state index contributed by atoms with van der Waals surface area (Å²) in [6.07, 6.45) is 0.558. The minimum absolute atomic E-state index is 0.0973. The topological polar surface area (TPSA) is 101 Å². The number of hydrogen-bond acceptors (Lipinski definition) is 5. The van der Waals surface area contributed by atoms with Crippen molar-refractivity contribution < 1.29 is 19.4 Å². The number of pyridine rings is 1. The van der Waals surface area contributed by atoms with Crippen LogP contribution >= 0.6 is 0 Å². The Balaban J connectivity index is 1.82. The first-order chi connectivity index (χ1) is 14.0. The molecule has 3 N–H and O–H groups in total. The van der Waals surface area contributed by atoms with E-state index in [4.69, 9.17) is 4.74 Å². The van der Waals surface area contributed by atoms with Crippen LogP contribution in [0.3, 0.4) is 0 Å². The number of anilines is 2. The quantitative estimate of drug-likeness (QED) is 0.629. The second-order valence-electron chi connectivity index (χ2n) is 6.93. The molecule has 0 radical (unpaired) electrons. The highest BCUT2D eigenvalue weighted by Crippen LogP contribution is 2.42. The number of rotatable bonds is 4. The Hall–Kier alpha value is -3.61. The van der Waals surface area contributed by atoms with E-state index < -0.39 is 0 Å². The van der Waals surface area contributed by atoms with E-state index in [2.05, 4.69) is 15.6 Å². The van der Waals surface area contributed by atoms with Crippen molar-refractivity contribution in [3.05, 3.63) is 53.7 Å². The van der Waals surface area contributed by atoms with Crippen molar-refractivity contribution in [2.75, 3.05) is 17.7 Å². The van der Waals surface area contributed by atoms with E-state index >= 15 is 0 Å². The molecule has 2 heterocycles. The smallest absolute Gasteiger partial charge is 0.225 e. The number of phenolic OH excluding ortho intramolecular Hbond substituents is 1. The molecule has 1 atom stereocenters. The van der Waals surface area contributed by atoms with Gasteiger partial charge in [0.15, 0.2) is 0 Å². The number of hydrogen-bond donors (Lipinski definition) is 3. The Bertz CT molecular complexity index is 1130. The van der Waals surface area contributed by atoms with E-state index in [0.29, 0.717) is 34.8 Å². The van der Waals surface area contributed by atoms with Crippen LogP contribution in [0.4, 0.5) is 11.4 Å². The molecule has 148 valence electrons. The van der Waals surface area contributed by atoms with Crippen LogP contribution in [0.1, 0.15) is 36.9 Å². The number of para-hydroxylation sites is 1. The van der Waals surface area contributed by atoms with Gasteiger partial charge in [-0.15, -0.1) is 0 Å². The zero-order valence-corrected chi connectivity index (χ0v) is 16.2. The third kappa shape index (κ3) is 3.47. The van der Waals surface area contributed by atoms with Gasteiger partial charge in [0.05, 0.1) is 12.8 Å². The Kier molecular flexibility index (Phi) is 4.80. The summed E-state index contributed by atoms with van der Waals surface area (Å²) in [4.78, 5) is 28.8. The van der Waals surface area contributed by atoms with Crippen molar-refractivity contribution >= 4 is 34.1 Å². The molecule has 0 spiro atoms. The number of ether oxygens (including phenoxy) is 1. The van der Waals surface area contributed by atoms with E-state index in [1.807, 2.05) is 24.3 Å². The third-order valence-corrected chi connectivity index (χ3v) is 5.08. The molecular weight excluding hydrogens is 370 g/mol. The normalized spacial score (nSPS) is 15.5. The molecule has 0 fully saturated rings. The van der Waals surface area contributed by atoms with E-state index in [-0.39, 0.29) is 29.9 Å². The number of carbonyl (C=O) groups excluding carboxylic acids is 2. The number of nitrogens with one attached hydrogen (secondary N) is 2. The van der Waals surface area contributed by atoms with Crippen LogP contribution in [0.2, 0.25) is 0 Å². The summed E-state index contributed by atoms with van der Waals surface area (Å²) in [6.45, 7) is 1.76. The molecule has 0 bridgehead atoms. The second kappa shape index (κ2) is 7.43. The molecule has 1 aromatic heterocycles. The minimum Gasteiger partial charge on any atom is -0.506 e. The summed E-state index contributed by atoms with van der Waals surface area (Å²) in [5.74, 6) is 0.0242. The molecule has 1 aliphatic rings. The Labute approximate surface area is 167 Å². The van der Waals surface area contributed by atoms with Crippen LogP contribution in [0, 0.1) is 0 Å². The van der Waals surface area contributed by atoms with Gasteiger partial charge in [0.1, 0.15) is 17.0 Å². The number of phenols is 1. The molecule has 2 aromatic carbocycles. The molecular formula is C22H21N3O4. The third-order valence-electron chi connectivity index (χ3n) is 5.08. The average molecular weight is 391 g/mol. The summed E-state index contributed by atoms with van der Waals surface area (Å²) in [7, 11) is 1.53. The Morgan fingerprint density at radius 2 is 2.14 bits per heavy atom. The van der Waals surface area contributed by atoms with Crippen molar-refractivity contribution in [3.8, 4) is 11.5 Å². The standard InChI is InChI=1S/C22H21N3O4/c1-3-20(27)24-17-11-16-13(9-19(17)29-2)14(10-21(28)23-16)15-8-7-12-5-4-6-18(26)22(12)25-15/h4-9,11,14,26H,3,10H2,1-2H3,(H,23,28)(H,24,27). The zero-order chi connectivity index (χ0) is 20.5. The fourth-order valence-corrected chi connectivity index (χ4v) is 3.60. The van der Waals surface area contributed by atoms with Crippen molar-refractivity contribution in [2.45, 2.75) is 25.7 Å². The van der Waals surface area contributed by atoms with Gasteiger partial charge in [-0.1, -0.05) is 25.1 Å². The van der Waals surface area contributed by atoms with Gasteiger partial charge in [0.25, 0.3) is 0 Å². The lowest BCUT2D eigenvalue weighted by atomic mass is 9.86. The molecule has 0 aliphatic carbocycles. The molecule has 0 saturated carbocycles. The van der Waals surface area contributed by atoms with Crippen LogP contribution in [-0.4, -0.2) is 29.0 Å². The van der Waals surface area contributed by atoms with Gasteiger partial charge in [0.2, 0.25) is 11.8 Å². The van der Waals surface area contributed by atoms with E-state index in [9.17, 15) is 14.7 Å². The highest BCUT2D eigenvalue weighted by molar-refractivity contribution is 5.99. The van der Waals surface area contributed by atoms with Gasteiger partial charge in [-0.25, -0.2) is 4.98 Å². The second-order valence-corrected chi connectivity index (χ2v) is 6.93. The number of aromatic nitrogens is 1. The molecule has 3 aromatic rings. The summed E-state index contributed by atoms with van der Waals surface area (Å²) in [5.41, 5.74) is 3.14. The number of carbonyl (C=O) groups is 2. The molecule has 0 saturated heterocycles. The lowest BCUT2D eigenvalue weighted by molar-refractivity contribution is -0.117. The van der Waals surface area contributed by atoms with E-state index in [1.54, 1.807) is 25.1 Å². The van der Waals surface area contributed by atoms with Gasteiger partial charge < -0.3 is 20.5 Å². The molecule has 1 unspecified atom stereocenters. The number of fused-ring (bicyclic) bond motifs is 2. The summed E-state index contributed by atoms with van der Waals surface area (Å²) >= 11 is 0. The van der Waals surface area contributed by atoms with Gasteiger partial charge in [0, 0.05) is 35.5 Å². The fraction of sp³-hybridized carbons (Fsp3) is 0.227. The van der Waals surface area contributed by atoms with Gasteiger partial charge >= 0.3 is 0 Å². The fourth-order valence-electron chi connectivity index (χ4n) is 3.60. The summed E-state index contributed by atoms with van der Waals surface area (Å²) in [6, 6.07) is 12.5. The molecule has 7 heteroatoms. The molecule has 1 aliphatic heterocycles. The lowest BCUT2D eigenvalue weighted by Gasteiger charge is -2.27. The molecule has 29 heavy (non-hydrogen) atoms. The maximum Gasteiger partial charge on any atom is 0.225 e. The number of methoxy groups -OCH3 is 1. The first-order valence-corrected chi connectivity index (χ1v) is 9.40. The SMILES string of the molecule is CCC(=O)Nc1cc2c(cc1OC)C(c1ccc3cccc(O)c3n1)CC(=O)N2. The zero-order valence-electron chi connectivity index (χ0n) is 16.2. The van der Waals surface area contributed by atoms with Crippen LogP contribution in [0.5, 0.6) is 11.5 Å². The minimum atomic E-state index is -0.299. The maximum atomic E-state index is 12.4. The molecule has 7 nitrogen and oxygen atoms in total. The predicted octanol–water partition coefficient (Wildman–Crippen LogP) is 3.77. The summed E-state index contributed by atoms with van der Waals surface area (Å²) < 4.78 is 5.47. The van der Waals surface area contributed by atoms with Crippen LogP contribution in [0.15, 0.2) is 42.5 Å². The van der Waals surface area contributed by atoms with Crippen molar-refractivity contribution in [3.63, 3.8) is 0 Å². The van der Waals surface area contributed by atoms with Crippen LogP contribution in [-0.2, 0) is 9.59 Å². The van der Waals surface area contributed by atoms with Gasteiger partial charge in [-0.05, 0) is 29.8 Å². The predicted molar refractivity (Wildman–Crippen MR) is 110 cm³/mol. The largest absolute Gasteiger partial charge is 0.506 e. The number of aromatic hydroxyl groups is 1. The van der Waals surface area contributed by atoms with Crippen molar-refractivity contribution in [1.29, 1.82) is 0 Å². The van der Waals surface area contributed by atoms with E-state index in [1.165, 1.54) is 7.11 Å². The number of amides is 2.